The molecule has 1 fully saturated rings. The molecule has 0 bridgehead atoms. The van der Waals surface area contributed by atoms with E-state index in [-0.39, 0.29) is 0 Å². The van der Waals surface area contributed by atoms with E-state index in [1.54, 1.807) is 0 Å². The summed E-state index contributed by atoms with van der Waals surface area (Å²) in [6.07, 6.45) is -0.885. The number of alkyl halides is 1. The summed E-state index contributed by atoms with van der Waals surface area (Å²) in [6.45, 7) is 4.62. The molecule has 3 aromatic rings. The van der Waals surface area contributed by atoms with E-state index in [4.69, 9.17) is 0 Å². The molecular weight excluding hydrogens is 449 g/mol. The van der Waals surface area contributed by atoms with Gasteiger partial charge in [-0.05, 0) is 36.4 Å². The van der Waals surface area contributed by atoms with E-state index < -0.39 is 6.17 Å². The first-order chi connectivity index (χ1) is 12.1. The average Bonchev–Trinajstić information content (AvgIpc) is 2.88. The van der Waals surface area contributed by atoms with E-state index in [2.05, 4.69) is 70.9 Å². The molecule has 2 heterocycles. The van der Waals surface area contributed by atoms with E-state index >= 15 is 0 Å². The van der Waals surface area contributed by atoms with Gasteiger partial charge in [0.1, 0.15) is 6.17 Å². The number of aromatic nitrogens is 1. The number of nitrogens with one attached hydrogen (secondary N) is 1. The Morgan fingerprint density at radius 3 is 2.04 bits per heavy atom. The molecule has 4 rings (SSSR count). The number of piperazine rings is 1. The summed E-state index contributed by atoms with van der Waals surface area (Å²) in [5.74, 6) is 0. The fourth-order valence-corrected chi connectivity index (χ4v) is 4.40. The molecule has 0 unspecified atom stereocenters. The fraction of sp³-hybridized carbons (Fsp3) is 0.368. The molecule has 1 aromatic heterocycles. The third kappa shape index (κ3) is 3.63. The molecule has 1 aliphatic heterocycles. The van der Waals surface area contributed by atoms with Crippen LogP contribution in [0.5, 0.6) is 0 Å². The van der Waals surface area contributed by atoms with Crippen LogP contribution in [0.2, 0.25) is 0 Å². The van der Waals surface area contributed by atoms with Crippen molar-refractivity contribution in [1.82, 2.24) is 14.8 Å². The molecular formula is C19H20Br2FN3. The van der Waals surface area contributed by atoms with Gasteiger partial charge in [0.2, 0.25) is 0 Å². The van der Waals surface area contributed by atoms with Gasteiger partial charge in [-0.25, -0.2) is 4.39 Å². The molecule has 0 spiro atoms. The number of rotatable bonds is 4. The number of fused-ring (bicyclic) bond motifs is 3. The highest BCUT2D eigenvalue weighted by Gasteiger charge is 2.19. The van der Waals surface area contributed by atoms with Crippen LogP contribution in [0.25, 0.3) is 21.8 Å². The first-order valence-corrected chi connectivity index (χ1v) is 10.1. The van der Waals surface area contributed by atoms with E-state index in [0.717, 1.165) is 56.9 Å². The zero-order valence-electron chi connectivity index (χ0n) is 13.8. The first kappa shape index (κ1) is 17.5. The van der Waals surface area contributed by atoms with Crippen molar-refractivity contribution in [3.8, 4) is 0 Å². The molecule has 0 radical (unpaired) electrons. The van der Waals surface area contributed by atoms with Crippen LogP contribution in [0.15, 0.2) is 45.3 Å². The number of hydrogen-bond donors (Lipinski definition) is 1. The monoisotopic (exact) mass is 467 g/mol. The summed E-state index contributed by atoms with van der Waals surface area (Å²) >= 11 is 7.11. The molecule has 1 atom stereocenters. The Labute approximate surface area is 163 Å². The molecule has 1 N–H and O–H groups in total. The maximum atomic E-state index is 14.9. The van der Waals surface area contributed by atoms with Crippen molar-refractivity contribution in [2.24, 2.45) is 0 Å². The second-order valence-electron chi connectivity index (χ2n) is 6.58. The first-order valence-electron chi connectivity index (χ1n) is 8.56. The lowest BCUT2D eigenvalue weighted by Crippen LogP contribution is -2.46. The largest absolute Gasteiger partial charge is 0.337 e. The molecule has 0 amide bonds. The minimum atomic E-state index is -0.885. The third-order valence-electron chi connectivity index (χ3n) is 4.84. The van der Waals surface area contributed by atoms with Crippen LogP contribution < -0.4 is 5.32 Å². The highest BCUT2D eigenvalue weighted by molar-refractivity contribution is 9.10. The Hall–Kier alpha value is -0.950. The summed E-state index contributed by atoms with van der Waals surface area (Å²) in [7, 11) is 0. The van der Waals surface area contributed by atoms with Gasteiger partial charge in [0, 0.05) is 63.5 Å². The molecule has 2 aromatic carbocycles. The minimum Gasteiger partial charge on any atom is -0.337 e. The lowest BCUT2D eigenvalue weighted by molar-refractivity contribution is 0.164. The van der Waals surface area contributed by atoms with Crippen LogP contribution in [-0.4, -0.2) is 48.4 Å². The summed E-state index contributed by atoms with van der Waals surface area (Å²) < 4.78 is 19.1. The van der Waals surface area contributed by atoms with Crippen LogP contribution in [0.4, 0.5) is 4.39 Å². The average molecular weight is 469 g/mol. The second-order valence-corrected chi connectivity index (χ2v) is 8.41. The van der Waals surface area contributed by atoms with E-state index in [0.29, 0.717) is 13.1 Å². The maximum Gasteiger partial charge on any atom is 0.131 e. The van der Waals surface area contributed by atoms with Crippen molar-refractivity contribution in [3.05, 3.63) is 45.3 Å². The summed E-state index contributed by atoms with van der Waals surface area (Å²) in [4.78, 5) is 2.21. The van der Waals surface area contributed by atoms with Crippen molar-refractivity contribution in [2.75, 3.05) is 32.7 Å². The molecule has 0 saturated carbocycles. The standard InChI is InChI=1S/C19H20Br2FN3/c20-13-1-3-18-16(9-13)17-10-14(21)2-4-19(17)25(18)12-15(22)11-24-7-5-23-6-8-24/h1-4,9-10,15,23H,5-8,11-12H2/t15-/m1/s1. The zero-order chi connectivity index (χ0) is 17.4. The number of nitrogens with zero attached hydrogens (tertiary/aromatic N) is 2. The molecule has 3 nitrogen and oxygen atoms in total. The highest BCUT2D eigenvalue weighted by Crippen LogP contribution is 2.33. The topological polar surface area (TPSA) is 20.2 Å². The van der Waals surface area contributed by atoms with Gasteiger partial charge in [-0.1, -0.05) is 31.9 Å². The third-order valence-corrected chi connectivity index (χ3v) is 5.82. The summed E-state index contributed by atoms with van der Waals surface area (Å²) in [6, 6.07) is 12.4. The van der Waals surface area contributed by atoms with E-state index in [1.165, 1.54) is 0 Å². The van der Waals surface area contributed by atoms with Gasteiger partial charge in [-0.3, -0.25) is 4.90 Å². The van der Waals surface area contributed by atoms with E-state index in [9.17, 15) is 4.39 Å². The molecule has 1 aliphatic rings. The van der Waals surface area contributed by atoms with Crippen molar-refractivity contribution >= 4 is 53.7 Å². The smallest absolute Gasteiger partial charge is 0.131 e. The van der Waals surface area contributed by atoms with Crippen LogP contribution in [-0.2, 0) is 6.54 Å². The number of benzene rings is 2. The van der Waals surface area contributed by atoms with Crippen molar-refractivity contribution in [1.29, 1.82) is 0 Å². The van der Waals surface area contributed by atoms with Gasteiger partial charge in [-0.15, -0.1) is 0 Å². The maximum absolute atomic E-state index is 14.9. The number of hydrogen-bond acceptors (Lipinski definition) is 2. The van der Waals surface area contributed by atoms with Gasteiger partial charge >= 0.3 is 0 Å². The van der Waals surface area contributed by atoms with Crippen LogP contribution in [0, 0.1) is 0 Å². The molecule has 6 heteroatoms. The predicted octanol–water partition coefficient (Wildman–Crippen LogP) is 4.56. The van der Waals surface area contributed by atoms with Crippen LogP contribution in [0.3, 0.4) is 0 Å². The Morgan fingerprint density at radius 1 is 0.920 bits per heavy atom. The Balaban J connectivity index is 1.69. The summed E-state index contributed by atoms with van der Waals surface area (Å²) in [5.41, 5.74) is 2.17. The van der Waals surface area contributed by atoms with Gasteiger partial charge in [-0.2, -0.15) is 0 Å². The SMILES string of the molecule is F[C@H](CN1CCNCC1)Cn1c2ccc(Br)cc2c2cc(Br)ccc21. The zero-order valence-corrected chi connectivity index (χ0v) is 17.0. The van der Waals surface area contributed by atoms with Crippen molar-refractivity contribution in [3.63, 3.8) is 0 Å². The molecule has 1 saturated heterocycles. The Morgan fingerprint density at radius 2 is 1.48 bits per heavy atom. The van der Waals surface area contributed by atoms with Gasteiger partial charge in [0.15, 0.2) is 0 Å². The van der Waals surface area contributed by atoms with Crippen LogP contribution >= 0.6 is 31.9 Å². The normalized spacial score (nSPS) is 17.4. The Kier molecular flexibility index (Phi) is 5.13. The van der Waals surface area contributed by atoms with Gasteiger partial charge < -0.3 is 9.88 Å². The molecule has 132 valence electrons. The lowest BCUT2D eigenvalue weighted by atomic mass is 10.2. The van der Waals surface area contributed by atoms with Crippen molar-refractivity contribution in [2.45, 2.75) is 12.7 Å². The molecule has 0 aliphatic carbocycles. The number of halogens is 3. The fourth-order valence-electron chi connectivity index (χ4n) is 3.67. The summed E-state index contributed by atoms with van der Waals surface area (Å²) in [5, 5.41) is 5.62. The van der Waals surface area contributed by atoms with Crippen molar-refractivity contribution < 1.29 is 4.39 Å². The lowest BCUT2D eigenvalue weighted by Gasteiger charge is -2.28. The predicted molar refractivity (Wildman–Crippen MR) is 109 cm³/mol. The van der Waals surface area contributed by atoms with E-state index in [1.807, 2.05) is 12.1 Å². The Bertz CT molecular complexity index is 843. The van der Waals surface area contributed by atoms with Gasteiger partial charge in [0.05, 0.1) is 6.54 Å². The minimum absolute atomic E-state index is 0.382. The highest BCUT2D eigenvalue weighted by atomic mass is 79.9. The van der Waals surface area contributed by atoms with Crippen LogP contribution in [0.1, 0.15) is 0 Å². The quantitative estimate of drug-likeness (QED) is 0.605. The molecule has 25 heavy (non-hydrogen) atoms. The second kappa shape index (κ2) is 7.35. The van der Waals surface area contributed by atoms with Gasteiger partial charge in [0.25, 0.3) is 0 Å².